The number of hydrogen-bond acceptors (Lipinski definition) is 5. The van der Waals surface area contributed by atoms with Crippen LogP contribution in [0.4, 0.5) is 0 Å². The van der Waals surface area contributed by atoms with Gasteiger partial charge < -0.3 is 24.9 Å². The van der Waals surface area contributed by atoms with Crippen molar-refractivity contribution in [3.63, 3.8) is 0 Å². The highest BCUT2D eigenvalue weighted by atomic mass is 16.4. The first-order valence-corrected chi connectivity index (χ1v) is 9.66. The van der Waals surface area contributed by atoms with Gasteiger partial charge in [-0.15, -0.1) is 0 Å². The summed E-state index contributed by atoms with van der Waals surface area (Å²) in [6, 6.07) is 5.25. The number of carbonyl (C=O) groups is 3. The van der Waals surface area contributed by atoms with Gasteiger partial charge in [-0.3, -0.25) is 4.79 Å². The standard InChI is InChI=1S/C18H19N3O2.C4H4O4/c1-10-14(20-9-19-10)7-11-3-5-16-17(18(11)23)13-8-12(22)4-6-15(13)21(16)2;5-3(6)1-2-4(7)8/h4,6,8-9,11,22H,3,5,7H2,1-2H3,(H,19,20);1-2H,(H,5,6)(H,7,8). The molecule has 1 aliphatic rings. The lowest BCUT2D eigenvalue weighted by molar-refractivity contribution is -0.134. The summed E-state index contributed by atoms with van der Waals surface area (Å²) < 4.78 is 2.08. The molecule has 0 amide bonds. The number of carbonyl (C=O) groups excluding carboxylic acids is 1. The van der Waals surface area contributed by atoms with Crippen LogP contribution in [0, 0.1) is 12.8 Å². The molecule has 0 saturated heterocycles. The minimum Gasteiger partial charge on any atom is -0.508 e. The molecule has 0 fully saturated rings. The Morgan fingerprint density at radius 2 is 1.94 bits per heavy atom. The number of H-pyrrole nitrogens is 1. The van der Waals surface area contributed by atoms with Crippen molar-refractivity contribution >= 4 is 28.6 Å². The van der Waals surface area contributed by atoms with Crippen molar-refractivity contribution in [3.05, 3.63) is 59.3 Å². The van der Waals surface area contributed by atoms with Gasteiger partial charge >= 0.3 is 11.9 Å². The van der Waals surface area contributed by atoms with E-state index in [0.717, 1.165) is 46.4 Å². The molecule has 2 heterocycles. The molecular formula is C22H23N3O6. The largest absolute Gasteiger partial charge is 0.508 e. The summed E-state index contributed by atoms with van der Waals surface area (Å²) in [7, 11) is 1.99. The quantitative estimate of drug-likeness (QED) is 0.470. The number of Topliss-reactive ketones (excluding diaryl/α,β-unsaturated/α-hetero) is 1. The van der Waals surface area contributed by atoms with Gasteiger partial charge in [0.05, 0.1) is 12.0 Å². The van der Waals surface area contributed by atoms with Crippen LogP contribution in [-0.2, 0) is 29.5 Å². The number of carboxylic acids is 2. The van der Waals surface area contributed by atoms with Crippen molar-refractivity contribution in [2.45, 2.75) is 26.2 Å². The molecule has 0 radical (unpaired) electrons. The Kier molecular flexibility index (Phi) is 6.24. The predicted octanol–water partition coefficient (Wildman–Crippen LogP) is 2.62. The van der Waals surface area contributed by atoms with Crippen LogP contribution in [0.1, 0.15) is 33.9 Å². The number of rotatable bonds is 4. The van der Waals surface area contributed by atoms with Crippen LogP contribution >= 0.6 is 0 Å². The van der Waals surface area contributed by atoms with E-state index in [0.29, 0.717) is 18.6 Å². The zero-order valence-corrected chi connectivity index (χ0v) is 17.1. The van der Waals surface area contributed by atoms with Crippen LogP contribution in [0.2, 0.25) is 0 Å². The third-order valence-electron chi connectivity index (χ3n) is 5.39. The Balaban J connectivity index is 0.000000293. The molecule has 9 nitrogen and oxygen atoms in total. The first-order chi connectivity index (χ1) is 14.7. The van der Waals surface area contributed by atoms with E-state index in [4.69, 9.17) is 10.2 Å². The molecule has 1 aromatic carbocycles. The second kappa shape index (κ2) is 8.86. The molecule has 162 valence electrons. The molecule has 0 saturated carbocycles. The van der Waals surface area contributed by atoms with Crippen molar-refractivity contribution in [2.24, 2.45) is 13.0 Å². The van der Waals surface area contributed by atoms with Gasteiger partial charge in [0.1, 0.15) is 5.75 Å². The SMILES string of the molecule is Cc1[nH]cnc1CC1CCc2c(c3cc(O)ccc3n2C)C1=O.O=C(O)C=CC(=O)O. The van der Waals surface area contributed by atoms with E-state index >= 15 is 0 Å². The maximum Gasteiger partial charge on any atom is 0.328 e. The average Bonchev–Trinajstić information content (AvgIpc) is 3.24. The van der Waals surface area contributed by atoms with E-state index < -0.39 is 11.9 Å². The molecule has 0 spiro atoms. The summed E-state index contributed by atoms with van der Waals surface area (Å²) in [4.78, 5) is 39.6. The molecule has 4 N–H and O–H groups in total. The van der Waals surface area contributed by atoms with E-state index in [1.165, 1.54) is 0 Å². The number of fused-ring (bicyclic) bond motifs is 3. The Hall–Kier alpha value is -3.88. The Morgan fingerprint density at radius 3 is 2.52 bits per heavy atom. The minimum atomic E-state index is -1.26. The summed E-state index contributed by atoms with van der Waals surface area (Å²) in [5.74, 6) is -2.19. The molecule has 1 atom stereocenters. The maximum atomic E-state index is 13.1. The Labute approximate surface area is 177 Å². The lowest BCUT2D eigenvalue weighted by Gasteiger charge is -2.21. The van der Waals surface area contributed by atoms with Crippen molar-refractivity contribution in [1.29, 1.82) is 0 Å². The number of aromatic nitrogens is 3. The smallest absolute Gasteiger partial charge is 0.328 e. The number of hydrogen-bond donors (Lipinski definition) is 4. The number of phenols is 1. The molecule has 1 aliphatic carbocycles. The summed E-state index contributed by atoms with van der Waals surface area (Å²) in [5.41, 5.74) is 4.85. The fraction of sp³-hybridized carbons (Fsp3) is 0.273. The summed E-state index contributed by atoms with van der Waals surface area (Å²) in [6.07, 6.45) is 5.18. The number of aryl methyl sites for hydroxylation is 2. The van der Waals surface area contributed by atoms with Gasteiger partial charge in [0.15, 0.2) is 5.78 Å². The van der Waals surface area contributed by atoms with Crippen LogP contribution in [0.3, 0.4) is 0 Å². The van der Waals surface area contributed by atoms with E-state index in [-0.39, 0.29) is 17.5 Å². The number of aromatic amines is 1. The number of ketones is 1. The highest BCUT2D eigenvalue weighted by Crippen LogP contribution is 2.36. The van der Waals surface area contributed by atoms with Crippen molar-refractivity contribution in [3.8, 4) is 5.75 Å². The van der Waals surface area contributed by atoms with E-state index in [2.05, 4.69) is 14.5 Å². The molecule has 0 bridgehead atoms. The molecular weight excluding hydrogens is 402 g/mol. The summed E-state index contributed by atoms with van der Waals surface area (Å²) in [6.45, 7) is 1.98. The lowest BCUT2D eigenvalue weighted by atomic mass is 9.82. The second-order valence-corrected chi connectivity index (χ2v) is 7.37. The van der Waals surface area contributed by atoms with Crippen LogP contribution in [0.5, 0.6) is 5.75 Å². The summed E-state index contributed by atoms with van der Waals surface area (Å²) in [5, 5.41) is 26.3. The third kappa shape index (κ3) is 4.66. The van der Waals surface area contributed by atoms with Gasteiger partial charge in [-0.2, -0.15) is 0 Å². The van der Waals surface area contributed by atoms with E-state index in [9.17, 15) is 19.5 Å². The van der Waals surface area contributed by atoms with Gasteiger partial charge in [-0.1, -0.05) is 0 Å². The number of aromatic hydroxyl groups is 1. The first-order valence-electron chi connectivity index (χ1n) is 9.66. The molecule has 2 aromatic heterocycles. The molecule has 1 unspecified atom stereocenters. The van der Waals surface area contributed by atoms with Gasteiger partial charge in [0.25, 0.3) is 0 Å². The van der Waals surface area contributed by atoms with Crippen molar-refractivity contribution in [2.75, 3.05) is 0 Å². The number of nitrogens with one attached hydrogen (secondary N) is 1. The van der Waals surface area contributed by atoms with E-state index in [1.807, 2.05) is 20.0 Å². The molecule has 3 aromatic rings. The number of nitrogens with zero attached hydrogens (tertiary/aromatic N) is 2. The summed E-state index contributed by atoms with van der Waals surface area (Å²) >= 11 is 0. The number of benzene rings is 1. The monoisotopic (exact) mass is 425 g/mol. The van der Waals surface area contributed by atoms with Crippen LogP contribution in [-0.4, -0.2) is 47.6 Å². The highest BCUT2D eigenvalue weighted by Gasteiger charge is 2.32. The number of phenolic OH excluding ortho intramolecular Hbond substituents is 1. The fourth-order valence-electron chi connectivity index (χ4n) is 3.86. The number of carboxylic acid groups (broad SMARTS) is 2. The van der Waals surface area contributed by atoms with Gasteiger partial charge in [-0.25, -0.2) is 14.6 Å². The zero-order chi connectivity index (χ0) is 22.7. The second-order valence-electron chi connectivity index (χ2n) is 7.37. The van der Waals surface area contributed by atoms with Crippen LogP contribution in [0.25, 0.3) is 10.9 Å². The van der Waals surface area contributed by atoms with Crippen LogP contribution < -0.4 is 0 Å². The van der Waals surface area contributed by atoms with E-state index in [1.54, 1.807) is 18.5 Å². The molecule has 4 rings (SSSR count). The fourth-order valence-corrected chi connectivity index (χ4v) is 3.86. The zero-order valence-electron chi connectivity index (χ0n) is 17.1. The predicted molar refractivity (Wildman–Crippen MR) is 112 cm³/mol. The normalized spacial score (nSPS) is 15.5. The Bertz CT molecular complexity index is 1170. The topological polar surface area (TPSA) is 146 Å². The third-order valence-corrected chi connectivity index (χ3v) is 5.39. The van der Waals surface area contributed by atoms with Crippen LogP contribution in [0.15, 0.2) is 36.7 Å². The molecule has 31 heavy (non-hydrogen) atoms. The molecule has 9 heteroatoms. The first kappa shape index (κ1) is 21.8. The molecule has 0 aliphatic heterocycles. The lowest BCUT2D eigenvalue weighted by Crippen LogP contribution is -2.25. The van der Waals surface area contributed by atoms with Crippen molar-refractivity contribution < 1.29 is 29.7 Å². The van der Waals surface area contributed by atoms with Gasteiger partial charge in [-0.05, 0) is 38.0 Å². The van der Waals surface area contributed by atoms with Gasteiger partial charge in [0, 0.05) is 59.4 Å². The number of imidazole rings is 1. The van der Waals surface area contributed by atoms with Crippen molar-refractivity contribution in [1.82, 2.24) is 14.5 Å². The maximum absolute atomic E-state index is 13.1. The highest BCUT2D eigenvalue weighted by molar-refractivity contribution is 6.11. The average molecular weight is 425 g/mol. The minimum absolute atomic E-state index is 0.0440. The number of aliphatic carboxylic acids is 2. The Morgan fingerprint density at radius 1 is 1.26 bits per heavy atom. The van der Waals surface area contributed by atoms with Gasteiger partial charge in [0.2, 0.25) is 0 Å².